The van der Waals surface area contributed by atoms with Gasteiger partial charge in [-0.2, -0.15) is 0 Å². The second kappa shape index (κ2) is 6.65. The number of rotatable bonds is 5. The molecule has 92 valence electrons. The third-order valence-electron chi connectivity index (χ3n) is 2.18. The van der Waals surface area contributed by atoms with Crippen molar-refractivity contribution < 1.29 is 9.59 Å². The summed E-state index contributed by atoms with van der Waals surface area (Å²) in [5.74, 6) is -0.468. The van der Waals surface area contributed by atoms with Crippen molar-refractivity contribution in [1.29, 1.82) is 0 Å². The molecule has 0 aromatic heterocycles. The van der Waals surface area contributed by atoms with Crippen LogP contribution in [0.25, 0.3) is 0 Å². The van der Waals surface area contributed by atoms with E-state index in [1.807, 2.05) is 18.2 Å². The lowest BCUT2D eigenvalue weighted by Gasteiger charge is -2.13. The molecule has 0 heterocycles. The van der Waals surface area contributed by atoms with Gasteiger partial charge in [0.05, 0.1) is 0 Å². The zero-order valence-corrected chi connectivity index (χ0v) is 9.77. The van der Waals surface area contributed by atoms with Gasteiger partial charge in [0, 0.05) is 18.7 Å². The Labute approximate surface area is 100 Å². The van der Waals surface area contributed by atoms with Crippen molar-refractivity contribution in [1.82, 2.24) is 5.32 Å². The molecule has 0 saturated carbocycles. The zero-order chi connectivity index (χ0) is 12.7. The first-order valence-corrected chi connectivity index (χ1v) is 5.49. The fourth-order valence-electron chi connectivity index (χ4n) is 1.28. The molecule has 0 radical (unpaired) electrons. The van der Waals surface area contributed by atoms with Gasteiger partial charge in [0.1, 0.15) is 6.04 Å². The number of amides is 2. The highest BCUT2D eigenvalue weighted by Crippen LogP contribution is 2.05. The number of anilines is 1. The summed E-state index contributed by atoms with van der Waals surface area (Å²) < 4.78 is 0. The molecular weight excluding hydrogens is 218 g/mol. The van der Waals surface area contributed by atoms with Gasteiger partial charge in [-0.05, 0) is 19.1 Å². The van der Waals surface area contributed by atoms with E-state index >= 15 is 0 Å². The second-order valence-corrected chi connectivity index (χ2v) is 3.68. The van der Waals surface area contributed by atoms with E-state index in [1.54, 1.807) is 19.1 Å². The Morgan fingerprint density at radius 2 is 1.94 bits per heavy atom. The first-order valence-electron chi connectivity index (χ1n) is 5.49. The Kier molecular flexibility index (Phi) is 5.16. The lowest BCUT2D eigenvalue weighted by molar-refractivity contribution is -0.126. The maximum absolute atomic E-state index is 11.7. The van der Waals surface area contributed by atoms with E-state index in [9.17, 15) is 9.59 Å². The van der Waals surface area contributed by atoms with Crippen LogP contribution in [-0.4, -0.2) is 24.4 Å². The number of carbonyl (C=O) groups is 2. The largest absolute Gasteiger partial charge is 0.345 e. The van der Waals surface area contributed by atoms with Gasteiger partial charge in [0.15, 0.2) is 0 Å². The van der Waals surface area contributed by atoms with Crippen LogP contribution < -0.4 is 16.4 Å². The minimum absolute atomic E-state index is 0.219. The maximum atomic E-state index is 11.7. The van der Waals surface area contributed by atoms with Gasteiger partial charge in [-0.1, -0.05) is 18.2 Å². The molecule has 1 aromatic carbocycles. The van der Waals surface area contributed by atoms with Crippen LogP contribution in [0.5, 0.6) is 0 Å². The van der Waals surface area contributed by atoms with Gasteiger partial charge in [-0.3, -0.25) is 9.59 Å². The molecule has 4 N–H and O–H groups in total. The fraction of sp³-hybridized carbons (Fsp3) is 0.333. The first-order chi connectivity index (χ1) is 8.13. The molecule has 0 spiro atoms. The number of para-hydroxylation sites is 1. The van der Waals surface area contributed by atoms with E-state index in [0.29, 0.717) is 5.69 Å². The average molecular weight is 235 g/mol. The Hall–Kier alpha value is -1.88. The summed E-state index contributed by atoms with van der Waals surface area (Å²) in [5.41, 5.74) is 5.95. The van der Waals surface area contributed by atoms with Crippen LogP contribution in [0.4, 0.5) is 5.69 Å². The number of carbonyl (C=O) groups excluding carboxylic acids is 2. The van der Waals surface area contributed by atoms with Gasteiger partial charge in [-0.25, -0.2) is 0 Å². The van der Waals surface area contributed by atoms with Crippen molar-refractivity contribution in [3.8, 4) is 0 Å². The smallest absolute Gasteiger partial charge is 0.246 e. The number of hydrogen-bond donors (Lipinski definition) is 3. The normalized spacial score (nSPS) is 11.6. The minimum Gasteiger partial charge on any atom is -0.345 e. The Morgan fingerprint density at radius 1 is 1.29 bits per heavy atom. The van der Waals surface area contributed by atoms with E-state index in [1.165, 1.54) is 0 Å². The molecule has 1 atom stereocenters. The third kappa shape index (κ3) is 4.65. The predicted molar refractivity (Wildman–Crippen MR) is 66.3 cm³/mol. The summed E-state index contributed by atoms with van der Waals surface area (Å²) in [7, 11) is 0. The molecule has 1 rings (SSSR count). The summed E-state index contributed by atoms with van der Waals surface area (Å²) in [6.45, 7) is 1.91. The average Bonchev–Trinajstić information content (AvgIpc) is 2.30. The van der Waals surface area contributed by atoms with Crippen molar-refractivity contribution in [3.63, 3.8) is 0 Å². The van der Waals surface area contributed by atoms with Crippen molar-refractivity contribution in [3.05, 3.63) is 30.3 Å². The van der Waals surface area contributed by atoms with Crippen molar-refractivity contribution >= 4 is 17.5 Å². The van der Waals surface area contributed by atoms with E-state index in [-0.39, 0.29) is 24.8 Å². The Bertz CT molecular complexity index is 379. The Morgan fingerprint density at radius 3 is 2.53 bits per heavy atom. The van der Waals surface area contributed by atoms with Crippen LogP contribution in [0.1, 0.15) is 13.3 Å². The zero-order valence-electron chi connectivity index (χ0n) is 9.77. The van der Waals surface area contributed by atoms with Gasteiger partial charge in [-0.15, -0.1) is 0 Å². The van der Waals surface area contributed by atoms with Crippen LogP contribution in [0.3, 0.4) is 0 Å². The summed E-state index contributed by atoms with van der Waals surface area (Å²) in [6, 6.07) is 8.51. The van der Waals surface area contributed by atoms with Gasteiger partial charge in [0.25, 0.3) is 0 Å². The van der Waals surface area contributed by atoms with Crippen molar-refractivity contribution in [2.45, 2.75) is 19.4 Å². The molecule has 5 heteroatoms. The summed E-state index contributed by atoms with van der Waals surface area (Å²) >= 11 is 0. The standard InChI is InChI=1S/C12H17N3O2/c1-9(14-11(16)7-8-13)12(17)15-10-5-3-2-4-6-10/h2-6,9H,7-8,13H2,1H3,(H,14,16)(H,15,17). The van der Waals surface area contributed by atoms with Gasteiger partial charge < -0.3 is 16.4 Å². The highest BCUT2D eigenvalue weighted by atomic mass is 16.2. The molecule has 17 heavy (non-hydrogen) atoms. The lowest BCUT2D eigenvalue weighted by atomic mass is 10.2. The van der Waals surface area contributed by atoms with Gasteiger partial charge >= 0.3 is 0 Å². The number of nitrogens with one attached hydrogen (secondary N) is 2. The molecule has 0 fully saturated rings. The molecule has 1 unspecified atom stereocenters. The molecule has 0 saturated heterocycles. The molecule has 5 nitrogen and oxygen atoms in total. The second-order valence-electron chi connectivity index (χ2n) is 3.68. The first kappa shape index (κ1) is 13.2. The quantitative estimate of drug-likeness (QED) is 0.694. The monoisotopic (exact) mass is 235 g/mol. The van der Waals surface area contributed by atoms with Crippen molar-refractivity contribution in [2.75, 3.05) is 11.9 Å². The van der Waals surface area contributed by atoms with Crippen LogP contribution in [0.2, 0.25) is 0 Å². The summed E-state index contributed by atoms with van der Waals surface area (Å²) in [4.78, 5) is 22.9. The Balaban J connectivity index is 2.45. The third-order valence-corrected chi connectivity index (χ3v) is 2.18. The minimum atomic E-state index is -0.575. The summed E-state index contributed by atoms with van der Waals surface area (Å²) in [6.07, 6.45) is 0.225. The van der Waals surface area contributed by atoms with E-state index in [4.69, 9.17) is 5.73 Å². The topological polar surface area (TPSA) is 84.2 Å². The molecule has 0 bridgehead atoms. The molecular formula is C12H17N3O2. The maximum Gasteiger partial charge on any atom is 0.246 e. The van der Waals surface area contributed by atoms with Crippen LogP contribution in [0.15, 0.2) is 30.3 Å². The fourth-order valence-corrected chi connectivity index (χ4v) is 1.28. The van der Waals surface area contributed by atoms with E-state index in [2.05, 4.69) is 10.6 Å². The van der Waals surface area contributed by atoms with E-state index < -0.39 is 6.04 Å². The van der Waals surface area contributed by atoms with E-state index in [0.717, 1.165) is 0 Å². The molecule has 0 aliphatic heterocycles. The molecule has 2 amide bonds. The van der Waals surface area contributed by atoms with Crippen molar-refractivity contribution in [2.24, 2.45) is 5.73 Å². The summed E-state index contributed by atoms with van der Waals surface area (Å²) in [5, 5.41) is 5.27. The number of nitrogens with two attached hydrogens (primary N) is 1. The number of hydrogen-bond acceptors (Lipinski definition) is 3. The van der Waals surface area contributed by atoms with Crippen LogP contribution >= 0.6 is 0 Å². The molecule has 1 aromatic rings. The van der Waals surface area contributed by atoms with Gasteiger partial charge in [0.2, 0.25) is 11.8 Å². The highest BCUT2D eigenvalue weighted by Gasteiger charge is 2.14. The SMILES string of the molecule is CC(NC(=O)CCN)C(=O)Nc1ccccc1. The molecule has 0 aliphatic carbocycles. The van der Waals surface area contributed by atoms with Crippen LogP contribution in [-0.2, 0) is 9.59 Å². The lowest BCUT2D eigenvalue weighted by Crippen LogP contribution is -2.42. The van der Waals surface area contributed by atoms with Crippen LogP contribution in [0, 0.1) is 0 Å². The molecule has 0 aliphatic rings. The number of benzene rings is 1. The highest BCUT2D eigenvalue weighted by molar-refractivity contribution is 5.96. The predicted octanol–water partition coefficient (Wildman–Crippen LogP) is 0.479.